The van der Waals surface area contributed by atoms with Crippen molar-refractivity contribution in [2.45, 2.75) is 31.4 Å². The van der Waals surface area contributed by atoms with E-state index in [1.807, 2.05) is 6.07 Å². The van der Waals surface area contributed by atoms with E-state index >= 15 is 0 Å². The number of hydrogen-bond donors (Lipinski definition) is 1. The topological polar surface area (TPSA) is 80.5 Å². The maximum Gasteiger partial charge on any atom is 0.247 e. The van der Waals surface area contributed by atoms with Crippen molar-refractivity contribution in [3.8, 4) is 0 Å². The number of hydrogen-bond acceptors (Lipinski definition) is 4. The SMILES string of the molecule is CC(C)(C(=O)N1CCCc2cc(N)ccc21)S(C)(=O)=O. The fourth-order valence-corrected chi connectivity index (χ4v) is 2.74. The van der Waals surface area contributed by atoms with Crippen LogP contribution in [0.15, 0.2) is 18.2 Å². The highest BCUT2D eigenvalue weighted by Crippen LogP contribution is 2.32. The normalized spacial score (nSPS) is 15.8. The van der Waals surface area contributed by atoms with Crippen LogP contribution in [0.4, 0.5) is 11.4 Å². The van der Waals surface area contributed by atoms with Gasteiger partial charge in [0.05, 0.1) is 0 Å². The van der Waals surface area contributed by atoms with E-state index in [0.717, 1.165) is 30.3 Å². The number of carbonyl (C=O) groups excluding carboxylic acids is 1. The van der Waals surface area contributed by atoms with Gasteiger partial charge in [-0.15, -0.1) is 0 Å². The molecule has 0 aromatic heterocycles. The molecule has 110 valence electrons. The molecule has 1 aliphatic heterocycles. The number of carbonyl (C=O) groups is 1. The zero-order valence-corrected chi connectivity index (χ0v) is 12.8. The molecule has 2 N–H and O–H groups in total. The van der Waals surface area contributed by atoms with Crippen LogP contribution in [0.25, 0.3) is 0 Å². The van der Waals surface area contributed by atoms with E-state index < -0.39 is 14.6 Å². The van der Waals surface area contributed by atoms with Crippen molar-refractivity contribution in [2.24, 2.45) is 0 Å². The predicted octanol–water partition coefficient (Wildman–Crippen LogP) is 1.37. The van der Waals surface area contributed by atoms with Crippen LogP contribution in [0.3, 0.4) is 0 Å². The van der Waals surface area contributed by atoms with Gasteiger partial charge in [-0.25, -0.2) is 8.42 Å². The fourth-order valence-electron chi connectivity index (χ4n) is 2.31. The van der Waals surface area contributed by atoms with Crippen molar-refractivity contribution in [1.82, 2.24) is 0 Å². The lowest BCUT2D eigenvalue weighted by atomic mass is 9.99. The molecule has 0 saturated heterocycles. The summed E-state index contributed by atoms with van der Waals surface area (Å²) in [6.45, 7) is 3.45. The highest BCUT2D eigenvalue weighted by atomic mass is 32.2. The second kappa shape index (κ2) is 4.77. The minimum Gasteiger partial charge on any atom is -0.399 e. The molecule has 0 fully saturated rings. The summed E-state index contributed by atoms with van der Waals surface area (Å²) in [7, 11) is -3.48. The summed E-state index contributed by atoms with van der Waals surface area (Å²) in [5.41, 5.74) is 8.18. The summed E-state index contributed by atoms with van der Waals surface area (Å²) in [4.78, 5) is 14.2. The number of anilines is 2. The Morgan fingerprint density at radius 1 is 1.35 bits per heavy atom. The lowest BCUT2D eigenvalue weighted by Gasteiger charge is -2.34. The molecule has 0 saturated carbocycles. The molecule has 0 radical (unpaired) electrons. The molecular formula is C14H20N2O3S. The van der Waals surface area contributed by atoms with Gasteiger partial charge in [-0.05, 0) is 50.5 Å². The van der Waals surface area contributed by atoms with Crippen LogP contribution in [0.2, 0.25) is 0 Å². The first kappa shape index (κ1) is 14.8. The summed E-state index contributed by atoms with van der Waals surface area (Å²) in [5, 5.41) is 0. The number of benzene rings is 1. The van der Waals surface area contributed by atoms with Crippen LogP contribution in [0, 0.1) is 0 Å². The second-order valence-corrected chi connectivity index (χ2v) is 8.30. The van der Waals surface area contributed by atoms with Gasteiger partial charge >= 0.3 is 0 Å². The van der Waals surface area contributed by atoms with Crippen molar-refractivity contribution >= 4 is 27.1 Å². The maximum absolute atomic E-state index is 12.6. The number of nitrogen functional groups attached to an aromatic ring is 1. The first-order valence-electron chi connectivity index (χ1n) is 6.54. The van der Waals surface area contributed by atoms with E-state index in [2.05, 4.69) is 0 Å². The van der Waals surface area contributed by atoms with E-state index in [1.54, 1.807) is 17.0 Å². The molecular weight excluding hydrogens is 276 g/mol. The lowest BCUT2D eigenvalue weighted by Crippen LogP contribution is -2.51. The molecule has 1 aliphatic rings. The van der Waals surface area contributed by atoms with Crippen molar-refractivity contribution < 1.29 is 13.2 Å². The number of aryl methyl sites for hydroxylation is 1. The van der Waals surface area contributed by atoms with Gasteiger partial charge in [-0.2, -0.15) is 0 Å². The van der Waals surface area contributed by atoms with Crippen LogP contribution in [0.1, 0.15) is 25.8 Å². The molecule has 0 bridgehead atoms. The molecule has 1 aromatic rings. The van der Waals surface area contributed by atoms with Gasteiger partial charge in [0.2, 0.25) is 5.91 Å². The van der Waals surface area contributed by atoms with E-state index in [4.69, 9.17) is 5.73 Å². The zero-order valence-electron chi connectivity index (χ0n) is 12.0. The number of fused-ring (bicyclic) bond motifs is 1. The zero-order chi connectivity index (χ0) is 15.1. The van der Waals surface area contributed by atoms with Gasteiger partial charge in [0.15, 0.2) is 9.84 Å². The third-order valence-electron chi connectivity index (χ3n) is 3.91. The van der Waals surface area contributed by atoms with Gasteiger partial charge in [0, 0.05) is 24.2 Å². The Labute approximate surface area is 119 Å². The van der Waals surface area contributed by atoms with E-state index in [9.17, 15) is 13.2 Å². The molecule has 0 spiro atoms. The standard InChI is InChI=1S/C14H20N2O3S/c1-14(2,20(3,18)19)13(17)16-8-4-5-10-9-11(15)6-7-12(10)16/h6-7,9H,4-5,8,15H2,1-3H3. The highest BCUT2D eigenvalue weighted by molar-refractivity contribution is 7.92. The van der Waals surface area contributed by atoms with Crippen LogP contribution in [0.5, 0.6) is 0 Å². The largest absolute Gasteiger partial charge is 0.399 e. The number of sulfone groups is 1. The third kappa shape index (κ3) is 2.40. The summed E-state index contributed by atoms with van der Waals surface area (Å²) in [6, 6.07) is 5.38. The van der Waals surface area contributed by atoms with Crippen LogP contribution in [-0.4, -0.2) is 31.9 Å². The van der Waals surface area contributed by atoms with Crippen LogP contribution in [-0.2, 0) is 21.1 Å². The average molecular weight is 296 g/mol. The Bertz CT molecular complexity index is 650. The third-order valence-corrected chi connectivity index (χ3v) is 5.94. The fraction of sp³-hybridized carbons (Fsp3) is 0.500. The maximum atomic E-state index is 12.6. The predicted molar refractivity (Wildman–Crippen MR) is 80.5 cm³/mol. The molecule has 2 rings (SSSR count). The smallest absolute Gasteiger partial charge is 0.247 e. The minimum absolute atomic E-state index is 0.384. The van der Waals surface area contributed by atoms with Crippen molar-refractivity contribution in [3.63, 3.8) is 0 Å². The minimum atomic E-state index is -3.48. The van der Waals surface area contributed by atoms with E-state index in [1.165, 1.54) is 13.8 Å². The summed E-state index contributed by atoms with van der Waals surface area (Å²) in [6.07, 6.45) is 2.75. The Morgan fingerprint density at radius 2 is 2.00 bits per heavy atom. The lowest BCUT2D eigenvalue weighted by molar-refractivity contribution is -0.120. The number of rotatable bonds is 2. The molecule has 0 atom stereocenters. The highest BCUT2D eigenvalue weighted by Gasteiger charge is 2.42. The monoisotopic (exact) mass is 296 g/mol. The summed E-state index contributed by atoms with van der Waals surface area (Å²) < 4.78 is 22.2. The van der Waals surface area contributed by atoms with E-state index in [-0.39, 0.29) is 5.91 Å². The number of nitrogens with two attached hydrogens (primary N) is 1. The van der Waals surface area contributed by atoms with Gasteiger partial charge in [-0.3, -0.25) is 4.79 Å². The molecule has 6 heteroatoms. The van der Waals surface area contributed by atoms with Gasteiger partial charge in [-0.1, -0.05) is 0 Å². The first-order chi connectivity index (χ1) is 9.14. The van der Waals surface area contributed by atoms with Gasteiger partial charge in [0.25, 0.3) is 0 Å². The summed E-state index contributed by atoms with van der Waals surface area (Å²) in [5.74, 6) is -0.384. The molecule has 1 aromatic carbocycles. The van der Waals surface area contributed by atoms with Gasteiger partial charge < -0.3 is 10.6 Å². The molecule has 5 nitrogen and oxygen atoms in total. The average Bonchev–Trinajstić information content (AvgIpc) is 2.35. The van der Waals surface area contributed by atoms with Gasteiger partial charge in [0.1, 0.15) is 4.75 Å². The Morgan fingerprint density at radius 3 is 2.60 bits per heavy atom. The Balaban J connectivity index is 2.44. The van der Waals surface area contributed by atoms with Crippen molar-refractivity contribution in [1.29, 1.82) is 0 Å². The Kier molecular flexibility index (Phi) is 3.54. The van der Waals surface area contributed by atoms with Crippen LogP contribution >= 0.6 is 0 Å². The van der Waals surface area contributed by atoms with Crippen molar-refractivity contribution in [3.05, 3.63) is 23.8 Å². The van der Waals surface area contributed by atoms with Crippen molar-refractivity contribution in [2.75, 3.05) is 23.4 Å². The number of amides is 1. The van der Waals surface area contributed by atoms with E-state index in [0.29, 0.717) is 12.2 Å². The Hall–Kier alpha value is -1.56. The second-order valence-electron chi connectivity index (χ2n) is 5.73. The molecule has 20 heavy (non-hydrogen) atoms. The number of nitrogens with zero attached hydrogens (tertiary/aromatic N) is 1. The molecule has 0 unspecified atom stereocenters. The molecule has 1 heterocycles. The summed E-state index contributed by atoms with van der Waals surface area (Å²) >= 11 is 0. The first-order valence-corrected chi connectivity index (χ1v) is 8.43. The molecule has 1 amide bonds. The molecule has 0 aliphatic carbocycles. The van der Waals surface area contributed by atoms with Crippen LogP contribution < -0.4 is 10.6 Å². The quantitative estimate of drug-likeness (QED) is 0.836.